The molecule has 0 saturated heterocycles. The van der Waals surface area contributed by atoms with E-state index in [0.29, 0.717) is 42.6 Å². The Balaban J connectivity index is 1.54. The Hall–Kier alpha value is -3.61. The van der Waals surface area contributed by atoms with Crippen LogP contribution < -0.4 is 19.5 Å². The molecule has 0 unspecified atom stereocenters. The number of nitrogens with one attached hydrogen (secondary N) is 1. The molecule has 6 nitrogen and oxygen atoms in total. The Labute approximate surface area is 174 Å². The zero-order chi connectivity index (χ0) is 21.2. The number of hydrogen-bond acceptors (Lipinski definition) is 5. The highest BCUT2D eigenvalue weighted by Gasteiger charge is 2.12. The molecule has 1 amide bonds. The van der Waals surface area contributed by atoms with Gasteiger partial charge in [0.25, 0.3) is 5.91 Å². The lowest BCUT2D eigenvalue weighted by Gasteiger charge is -2.13. The molecule has 3 rings (SSSR count). The first kappa shape index (κ1) is 21.1. The normalized spacial score (nSPS) is 10.3. The highest BCUT2D eigenvalue weighted by molar-refractivity contribution is 5.94. The number of aromatic nitrogens is 1. The van der Waals surface area contributed by atoms with Crippen molar-refractivity contribution in [1.82, 2.24) is 10.3 Å². The van der Waals surface area contributed by atoms with Crippen LogP contribution in [-0.4, -0.2) is 30.6 Å². The SMILES string of the molecule is CCOc1cc(C(=O)NCCOc2ccc(F)cc2)ccc1OCc1cccnc1. The van der Waals surface area contributed by atoms with Crippen molar-refractivity contribution in [3.05, 3.63) is 83.9 Å². The van der Waals surface area contributed by atoms with Gasteiger partial charge >= 0.3 is 0 Å². The number of rotatable bonds is 10. The highest BCUT2D eigenvalue weighted by atomic mass is 19.1. The van der Waals surface area contributed by atoms with Gasteiger partial charge in [0.2, 0.25) is 0 Å². The molecule has 0 atom stereocenters. The van der Waals surface area contributed by atoms with E-state index in [4.69, 9.17) is 14.2 Å². The first-order valence-electron chi connectivity index (χ1n) is 9.61. The number of ether oxygens (including phenoxy) is 3. The molecule has 0 radical (unpaired) electrons. The molecule has 3 aromatic rings. The fraction of sp³-hybridized carbons (Fsp3) is 0.217. The second kappa shape index (κ2) is 10.8. The fourth-order valence-electron chi connectivity index (χ4n) is 2.65. The fourth-order valence-corrected chi connectivity index (χ4v) is 2.65. The lowest BCUT2D eigenvalue weighted by molar-refractivity contribution is 0.0946. The Morgan fingerprint density at radius 1 is 1.03 bits per heavy atom. The van der Waals surface area contributed by atoms with Crippen LogP contribution in [0.2, 0.25) is 0 Å². The van der Waals surface area contributed by atoms with Gasteiger partial charge in [-0.25, -0.2) is 4.39 Å². The Morgan fingerprint density at radius 2 is 1.87 bits per heavy atom. The van der Waals surface area contributed by atoms with Gasteiger partial charge < -0.3 is 19.5 Å². The summed E-state index contributed by atoms with van der Waals surface area (Å²) in [5.74, 6) is 1.01. The Kier molecular flexibility index (Phi) is 7.60. The van der Waals surface area contributed by atoms with Crippen LogP contribution in [0.1, 0.15) is 22.8 Å². The van der Waals surface area contributed by atoms with Crippen molar-refractivity contribution in [3.8, 4) is 17.2 Å². The molecule has 0 saturated carbocycles. The summed E-state index contributed by atoms with van der Waals surface area (Å²) in [6.45, 7) is 3.23. The van der Waals surface area contributed by atoms with E-state index in [9.17, 15) is 9.18 Å². The number of hydrogen-bond donors (Lipinski definition) is 1. The van der Waals surface area contributed by atoms with Crippen LogP contribution in [-0.2, 0) is 6.61 Å². The average Bonchev–Trinajstić information content (AvgIpc) is 2.78. The van der Waals surface area contributed by atoms with Gasteiger partial charge in [-0.1, -0.05) is 6.07 Å². The van der Waals surface area contributed by atoms with E-state index in [1.54, 1.807) is 30.6 Å². The minimum Gasteiger partial charge on any atom is -0.492 e. The monoisotopic (exact) mass is 410 g/mol. The summed E-state index contributed by atoms with van der Waals surface area (Å²) < 4.78 is 29.8. The van der Waals surface area contributed by atoms with Crippen LogP contribution in [0.15, 0.2) is 67.0 Å². The largest absolute Gasteiger partial charge is 0.492 e. The van der Waals surface area contributed by atoms with Crippen molar-refractivity contribution in [3.63, 3.8) is 0 Å². The number of carbonyl (C=O) groups excluding carboxylic acids is 1. The van der Waals surface area contributed by atoms with Gasteiger partial charge in [0, 0.05) is 23.5 Å². The van der Waals surface area contributed by atoms with Crippen molar-refractivity contribution in [2.75, 3.05) is 19.8 Å². The van der Waals surface area contributed by atoms with E-state index >= 15 is 0 Å². The molecular formula is C23H23FN2O4. The number of nitrogens with zero attached hydrogens (tertiary/aromatic N) is 1. The van der Waals surface area contributed by atoms with Gasteiger partial charge in [-0.3, -0.25) is 9.78 Å². The van der Waals surface area contributed by atoms with E-state index in [2.05, 4.69) is 10.3 Å². The summed E-state index contributed by atoms with van der Waals surface area (Å²) in [7, 11) is 0. The van der Waals surface area contributed by atoms with E-state index in [1.807, 2.05) is 19.1 Å². The predicted octanol–water partition coefficient (Wildman–Crippen LogP) is 4.01. The molecule has 0 fully saturated rings. The summed E-state index contributed by atoms with van der Waals surface area (Å²) in [5, 5.41) is 2.78. The third kappa shape index (κ3) is 6.20. The maximum Gasteiger partial charge on any atom is 0.251 e. The second-order valence-electron chi connectivity index (χ2n) is 6.30. The molecule has 1 aromatic heterocycles. The van der Waals surface area contributed by atoms with Crippen LogP contribution in [0.3, 0.4) is 0 Å². The summed E-state index contributed by atoms with van der Waals surface area (Å²) >= 11 is 0. The van der Waals surface area contributed by atoms with Gasteiger partial charge in [-0.05, 0) is 55.5 Å². The summed E-state index contributed by atoms with van der Waals surface area (Å²) in [4.78, 5) is 16.5. The molecule has 7 heteroatoms. The molecule has 156 valence electrons. The number of benzene rings is 2. The third-order valence-corrected chi connectivity index (χ3v) is 4.09. The average molecular weight is 410 g/mol. The van der Waals surface area contributed by atoms with Crippen LogP contribution in [0.5, 0.6) is 17.2 Å². The van der Waals surface area contributed by atoms with Crippen LogP contribution in [0, 0.1) is 5.82 Å². The quantitative estimate of drug-likeness (QED) is 0.512. The molecule has 0 aliphatic rings. The molecule has 30 heavy (non-hydrogen) atoms. The highest BCUT2D eigenvalue weighted by Crippen LogP contribution is 2.29. The van der Waals surface area contributed by atoms with E-state index in [0.717, 1.165) is 5.56 Å². The molecule has 1 N–H and O–H groups in total. The maximum absolute atomic E-state index is 12.9. The van der Waals surface area contributed by atoms with Crippen molar-refractivity contribution in [1.29, 1.82) is 0 Å². The van der Waals surface area contributed by atoms with E-state index in [-0.39, 0.29) is 18.3 Å². The topological polar surface area (TPSA) is 69.7 Å². The van der Waals surface area contributed by atoms with Gasteiger partial charge in [0.15, 0.2) is 11.5 Å². The number of carbonyl (C=O) groups is 1. The number of halogens is 1. The molecule has 2 aromatic carbocycles. The van der Waals surface area contributed by atoms with Crippen LogP contribution in [0.25, 0.3) is 0 Å². The molecule has 0 aliphatic heterocycles. The van der Waals surface area contributed by atoms with Crippen molar-refractivity contribution in [2.24, 2.45) is 0 Å². The summed E-state index contributed by atoms with van der Waals surface area (Å²) in [6, 6.07) is 14.5. The Bertz CT molecular complexity index is 949. The van der Waals surface area contributed by atoms with Crippen molar-refractivity contribution >= 4 is 5.91 Å². The number of amides is 1. The second-order valence-corrected chi connectivity index (χ2v) is 6.30. The molecule has 1 heterocycles. The van der Waals surface area contributed by atoms with Crippen molar-refractivity contribution < 1.29 is 23.4 Å². The molecule has 0 aliphatic carbocycles. The minimum atomic E-state index is -0.325. The minimum absolute atomic E-state index is 0.252. The first-order valence-corrected chi connectivity index (χ1v) is 9.61. The van der Waals surface area contributed by atoms with Gasteiger partial charge in [-0.2, -0.15) is 0 Å². The van der Waals surface area contributed by atoms with E-state index in [1.165, 1.54) is 24.3 Å². The first-order chi connectivity index (χ1) is 14.7. The summed E-state index contributed by atoms with van der Waals surface area (Å²) in [6.07, 6.45) is 3.43. The maximum atomic E-state index is 12.9. The molecular weight excluding hydrogens is 387 g/mol. The predicted molar refractivity (Wildman–Crippen MR) is 110 cm³/mol. The van der Waals surface area contributed by atoms with Gasteiger partial charge in [0.05, 0.1) is 13.2 Å². The zero-order valence-corrected chi connectivity index (χ0v) is 16.6. The van der Waals surface area contributed by atoms with Crippen LogP contribution >= 0.6 is 0 Å². The smallest absolute Gasteiger partial charge is 0.251 e. The molecule has 0 bridgehead atoms. The van der Waals surface area contributed by atoms with Gasteiger partial charge in [0.1, 0.15) is 24.8 Å². The summed E-state index contributed by atoms with van der Waals surface area (Å²) in [5.41, 5.74) is 1.39. The molecule has 0 spiro atoms. The van der Waals surface area contributed by atoms with E-state index < -0.39 is 0 Å². The standard InChI is InChI=1S/C23H23FN2O4/c1-2-28-22-14-18(5-10-21(22)30-16-17-4-3-11-25-15-17)23(27)26-12-13-29-20-8-6-19(24)7-9-20/h3-11,14-15H,2,12-13,16H2,1H3,(H,26,27). The van der Waals surface area contributed by atoms with Crippen molar-refractivity contribution in [2.45, 2.75) is 13.5 Å². The lowest BCUT2D eigenvalue weighted by atomic mass is 10.2. The third-order valence-electron chi connectivity index (χ3n) is 4.09. The zero-order valence-electron chi connectivity index (χ0n) is 16.6. The van der Waals surface area contributed by atoms with Crippen LogP contribution in [0.4, 0.5) is 4.39 Å². The number of pyridine rings is 1. The Morgan fingerprint density at radius 3 is 2.60 bits per heavy atom. The lowest BCUT2D eigenvalue weighted by Crippen LogP contribution is -2.28. The van der Waals surface area contributed by atoms with Gasteiger partial charge in [-0.15, -0.1) is 0 Å².